The van der Waals surface area contributed by atoms with Crippen molar-refractivity contribution in [3.63, 3.8) is 0 Å². The van der Waals surface area contributed by atoms with Crippen molar-refractivity contribution >= 4 is 30.9 Å². The molecule has 1 unspecified atom stereocenters. The second-order valence-corrected chi connectivity index (χ2v) is 18.3. The Labute approximate surface area is 251 Å². The average Bonchev–Trinajstić information content (AvgIpc) is 3.61. The predicted octanol–water partition coefficient (Wildman–Crippen LogP) is 7.02. The molecule has 5 rings (SSSR count). The van der Waals surface area contributed by atoms with Crippen LogP contribution in [-0.2, 0) is 17.9 Å². The molecular formula is C31H40F2N6O3Si. The van der Waals surface area contributed by atoms with E-state index in [1.54, 1.807) is 12.3 Å². The molecule has 1 saturated heterocycles. The van der Waals surface area contributed by atoms with Gasteiger partial charge in [-0.1, -0.05) is 56.9 Å². The summed E-state index contributed by atoms with van der Waals surface area (Å²) in [4.78, 5) is 18.7. The maximum Gasteiger partial charge on any atom is 0.407 e. The van der Waals surface area contributed by atoms with E-state index in [0.29, 0.717) is 53.6 Å². The third-order valence-corrected chi connectivity index (χ3v) is 9.70. The minimum absolute atomic E-state index is 0.115. The second-order valence-electron chi connectivity index (χ2n) is 12.7. The number of carbonyl (C=O) groups is 1. The molecule has 4 aromatic rings. The SMILES string of the molecule is C[C@H]1C[C@@H](Nc2c(-c3ccn(C(F)F)n3)cnc3c2ccn3COCC[Si](C)(C)C)C(Cc2ccccc2)N(C(=O)O)C1. The monoisotopic (exact) mass is 610 g/mol. The Bertz CT molecular complexity index is 1540. The molecule has 1 amide bonds. The molecule has 2 N–H and O–H groups in total. The zero-order chi connectivity index (χ0) is 30.7. The second kappa shape index (κ2) is 12.8. The van der Waals surface area contributed by atoms with E-state index in [1.165, 1.54) is 11.1 Å². The molecule has 9 nitrogen and oxygen atoms in total. The molecule has 1 aliphatic heterocycles. The molecule has 4 heterocycles. The number of nitrogens with one attached hydrogen (secondary N) is 1. The molecule has 0 spiro atoms. The third kappa shape index (κ3) is 7.24. The first-order valence-corrected chi connectivity index (χ1v) is 18.4. The van der Waals surface area contributed by atoms with E-state index in [9.17, 15) is 18.7 Å². The van der Waals surface area contributed by atoms with Crippen molar-refractivity contribution in [2.75, 3.05) is 18.5 Å². The van der Waals surface area contributed by atoms with Crippen LogP contribution in [0.15, 0.2) is 61.1 Å². The lowest BCUT2D eigenvalue weighted by atomic mass is 9.85. The van der Waals surface area contributed by atoms with E-state index >= 15 is 0 Å². The third-order valence-electron chi connectivity index (χ3n) is 7.99. The number of rotatable bonds is 11. The molecule has 3 atom stereocenters. The average molecular weight is 611 g/mol. The molecule has 0 aliphatic carbocycles. The number of anilines is 1. The van der Waals surface area contributed by atoms with Crippen molar-refractivity contribution in [3.8, 4) is 11.3 Å². The van der Waals surface area contributed by atoms with Crippen molar-refractivity contribution in [1.82, 2.24) is 24.2 Å². The van der Waals surface area contributed by atoms with Crippen LogP contribution in [0.1, 0.15) is 25.5 Å². The lowest BCUT2D eigenvalue weighted by Gasteiger charge is -2.43. The fourth-order valence-electron chi connectivity index (χ4n) is 5.75. The summed E-state index contributed by atoms with van der Waals surface area (Å²) < 4.78 is 35.5. The van der Waals surface area contributed by atoms with E-state index in [-0.39, 0.29) is 18.0 Å². The predicted molar refractivity (Wildman–Crippen MR) is 166 cm³/mol. The number of amides is 1. The van der Waals surface area contributed by atoms with Gasteiger partial charge in [0.15, 0.2) is 0 Å². The van der Waals surface area contributed by atoms with Crippen LogP contribution in [0.3, 0.4) is 0 Å². The van der Waals surface area contributed by atoms with Crippen LogP contribution in [0.4, 0.5) is 19.3 Å². The van der Waals surface area contributed by atoms with Gasteiger partial charge in [-0.15, -0.1) is 0 Å². The summed E-state index contributed by atoms with van der Waals surface area (Å²) in [6.07, 6.45) is 5.11. The summed E-state index contributed by atoms with van der Waals surface area (Å²) >= 11 is 0. The highest BCUT2D eigenvalue weighted by Gasteiger charge is 2.38. The normalized spacial score (nSPS) is 19.3. The molecule has 230 valence electrons. The number of hydrogen-bond acceptors (Lipinski definition) is 5. The Morgan fingerprint density at radius 3 is 2.60 bits per heavy atom. The van der Waals surface area contributed by atoms with Gasteiger partial charge in [0.1, 0.15) is 12.4 Å². The van der Waals surface area contributed by atoms with Gasteiger partial charge in [0, 0.05) is 56.8 Å². The highest BCUT2D eigenvalue weighted by Crippen LogP contribution is 2.37. The van der Waals surface area contributed by atoms with Gasteiger partial charge in [0.25, 0.3) is 0 Å². The molecule has 3 aromatic heterocycles. The Hall–Kier alpha value is -3.77. The summed E-state index contributed by atoms with van der Waals surface area (Å²) in [6, 6.07) is 13.8. The van der Waals surface area contributed by atoms with Gasteiger partial charge in [-0.3, -0.25) is 0 Å². The van der Waals surface area contributed by atoms with Crippen LogP contribution in [-0.4, -0.2) is 68.7 Å². The molecule has 0 bridgehead atoms. The molecular weight excluding hydrogens is 570 g/mol. The Kier molecular flexibility index (Phi) is 9.16. The maximum absolute atomic E-state index is 13.5. The topological polar surface area (TPSA) is 97.4 Å². The number of nitrogens with zero attached hydrogens (tertiary/aromatic N) is 5. The summed E-state index contributed by atoms with van der Waals surface area (Å²) in [5, 5.41) is 18.8. The summed E-state index contributed by atoms with van der Waals surface area (Å²) in [5.74, 6) is 0.115. The van der Waals surface area contributed by atoms with Crippen molar-refractivity contribution in [2.45, 2.75) is 70.8 Å². The van der Waals surface area contributed by atoms with Crippen molar-refractivity contribution in [3.05, 3.63) is 66.6 Å². The highest BCUT2D eigenvalue weighted by atomic mass is 28.3. The van der Waals surface area contributed by atoms with E-state index in [4.69, 9.17) is 9.72 Å². The van der Waals surface area contributed by atoms with Crippen LogP contribution in [0, 0.1) is 5.92 Å². The van der Waals surface area contributed by atoms with Crippen LogP contribution in [0.5, 0.6) is 0 Å². The Morgan fingerprint density at radius 2 is 1.93 bits per heavy atom. The number of aromatic nitrogens is 4. The molecule has 0 saturated carbocycles. The quantitative estimate of drug-likeness (QED) is 0.140. The van der Waals surface area contributed by atoms with Gasteiger partial charge in [-0.05, 0) is 42.5 Å². The highest BCUT2D eigenvalue weighted by molar-refractivity contribution is 6.76. The van der Waals surface area contributed by atoms with Crippen LogP contribution < -0.4 is 5.32 Å². The minimum Gasteiger partial charge on any atom is -0.465 e. The minimum atomic E-state index is -2.77. The molecule has 43 heavy (non-hydrogen) atoms. The zero-order valence-corrected chi connectivity index (χ0v) is 26.1. The standard InChI is InChI=1S/C31H40F2N6O3Si/c1-21-16-26(27(38(19-21)31(40)41)17-22-8-6-5-7-9-22)35-28-23-10-12-37(20-42-14-15-43(2,3)4)29(23)34-18-24(28)25-11-13-39(36-25)30(32)33/h5-13,18,21,26-27,30H,14-17,19-20H2,1-4H3,(H,34,35)(H,40,41)/t21-,26+,27?/m0/s1. The molecule has 0 radical (unpaired) electrons. The van der Waals surface area contributed by atoms with Gasteiger partial charge < -0.3 is 24.6 Å². The van der Waals surface area contributed by atoms with Gasteiger partial charge in [0.05, 0.1) is 17.4 Å². The van der Waals surface area contributed by atoms with Crippen molar-refractivity contribution in [1.29, 1.82) is 0 Å². The van der Waals surface area contributed by atoms with Crippen molar-refractivity contribution < 1.29 is 23.4 Å². The van der Waals surface area contributed by atoms with E-state index < -0.39 is 20.7 Å². The van der Waals surface area contributed by atoms with Crippen LogP contribution >= 0.6 is 0 Å². The fraction of sp³-hybridized carbons (Fsp3) is 0.452. The number of ether oxygens (including phenoxy) is 1. The number of pyridine rings is 1. The Balaban J connectivity index is 1.53. The fourth-order valence-corrected chi connectivity index (χ4v) is 6.50. The molecule has 1 aliphatic rings. The van der Waals surface area contributed by atoms with Crippen LogP contribution in [0.2, 0.25) is 25.7 Å². The number of benzene rings is 1. The molecule has 1 aromatic carbocycles. The van der Waals surface area contributed by atoms with Gasteiger partial charge in [-0.2, -0.15) is 13.9 Å². The first-order chi connectivity index (χ1) is 20.5. The summed E-state index contributed by atoms with van der Waals surface area (Å²) in [7, 11) is -1.24. The Morgan fingerprint density at radius 1 is 1.16 bits per heavy atom. The smallest absolute Gasteiger partial charge is 0.407 e. The number of carboxylic acid groups (broad SMARTS) is 1. The first kappa shape index (κ1) is 30.7. The number of likely N-dealkylation sites (tertiary alicyclic amines) is 1. The number of fused-ring (bicyclic) bond motifs is 1. The number of hydrogen-bond donors (Lipinski definition) is 2. The lowest BCUT2D eigenvalue weighted by molar-refractivity contribution is 0.0568. The van der Waals surface area contributed by atoms with E-state index in [0.717, 1.165) is 23.4 Å². The zero-order valence-electron chi connectivity index (χ0n) is 25.1. The summed E-state index contributed by atoms with van der Waals surface area (Å²) in [5.41, 5.74) is 3.34. The van der Waals surface area contributed by atoms with Gasteiger partial charge in [0.2, 0.25) is 0 Å². The van der Waals surface area contributed by atoms with E-state index in [2.05, 4.69) is 30.1 Å². The number of alkyl halides is 2. The van der Waals surface area contributed by atoms with Crippen molar-refractivity contribution in [2.24, 2.45) is 5.92 Å². The van der Waals surface area contributed by atoms with E-state index in [1.807, 2.05) is 54.1 Å². The summed E-state index contributed by atoms with van der Waals surface area (Å²) in [6.45, 7) is 7.63. The lowest BCUT2D eigenvalue weighted by Crippen LogP contribution is -2.56. The largest absolute Gasteiger partial charge is 0.465 e. The first-order valence-electron chi connectivity index (χ1n) is 14.7. The maximum atomic E-state index is 13.5. The van der Waals surface area contributed by atoms with Gasteiger partial charge in [-0.25, -0.2) is 14.5 Å². The number of piperidine rings is 1. The van der Waals surface area contributed by atoms with Gasteiger partial charge >= 0.3 is 12.6 Å². The number of halogens is 2. The molecule has 1 fully saturated rings. The molecule has 12 heteroatoms. The van der Waals surface area contributed by atoms with Crippen LogP contribution in [0.25, 0.3) is 22.3 Å².